The first-order chi connectivity index (χ1) is 8.70. The Bertz CT molecular complexity index is 434. The van der Waals surface area contributed by atoms with Crippen LogP contribution in [0.5, 0.6) is 0 Å². The van der Waals surface area contributed by atoms with Gasteiger partial charge in [0.25, 0.3) is 0 Å². The van der Waals surface area contributed by atoms with Crippen LogP contribution in [-0.4, -0.2) is 19.4 Å². The number of hydrogen-bond acceptors (Lipinski definition) is 1. The van der Waals surface area contributed by atoms with Crippen LogP contribution >= 0.6 is 11.6 Å². The number of hydrogen-bond donors (Lipinski definition) is 0. The summed E-state index contributed by atoms with van der Waals surface area (Å²) >= 11 is 5.70. The zero-order valence-electron chi connectivity index (χ0n) is 9.41. The predicted molar refractivity (Wildman–Crippen MR) is 56.4 cm³/mol. The number of ether oxygens (including phenoxy) is 1. The Morgan fingerprint density at radius 3 is 2.21 bits per heavy atom. The van der Waals surface area contributed by atoms with Crippen molar-refractivity contribution >= 4 is 11.6 Å². The highest BCUT2D eigenvalue weighted by Crippen LogP contribution is 2.28. The van der Waals surface area contributed by atoms with Gasteiger partial charge in [-0.15, -0.1) is 11.6 Å². The molecule has 19 heavy (non-hydrogen) atoms. The van der Waals surface area contributed by atoms with Gasteiger partial charge in [0.15, 0.2) is 11.6 Å². The summed E-state index contributed by atoms with van der Waals surface area (Å²) in [5, 5.41) is -1.11. The van der Waals surface area contributed by atoms with Crippen molar-refractivity contribution in [3.63, 3.8) is 0 Å². The first-order valence-electron chi connectivity index (χ1n) is 5.13. The Balaban J connectivity index is 2.54. The van der Waals surface area contributed by atoms with Crippen LogP contribution in [0.2, 0.25) is 0 Å². The standard InChI is InChI=1S/C11H9ClF6O/c12-7(1-2-19-5-11(16,17)18)6-3-9(14)10(15)4-8(6)13/h3-4,7H,1-2,5H2. The van der Waals surface area contributed by atoms with Gasteiger partial charge in [-0.25, -0.2) is 13.2 Å². The minimum Gasteiger partial charge on any atom is -0.372 e. The van der Waals surface area contributed by atoms with E-state index in [1.165, 1.54) is 0 Å². The first kappa shape index (κ1) is 16.1. The Kier molecular flexibility index (Phi) is 5.49. The molecule has 0 saturated heterocycles. The van der Waals surface area contributed by atoms with Gasteiger partial charge in [-0.3, -0.25) is 0 Å². The van der Waals surface area contributed by atoms with Crippen molar-refractivity contribution in [2.75, 3.05) is 13.2 Å². The van der Waals surface area contributed by atoms with Crippen molar-refractivity contribution < 1.29 is 31.1 Å². The van der Waals surface area contributed by atoms with Crippen LogP contribution in [0.3, 0.4) is 0 Å². The average molecular weight is 307 g/mol. The Morgan fingerprint density at radius 2 is 1.63 bits per heavy atom. The molecule has 0 bridgehead atoms. The molecule has 1 unspecified atom stereocenters. The van der Waals surface area contributed by atoms with Gasteiger partial charge in [0.05, 0.1) is 5.38 Å². The summed E-state index contributed by atoms with van der Waals surface area (Å²) in [5.74, 6) is -3.70. The van der Waals surface area contributed by atoms with E-state index in [2.05, 4.69) is 4.74 Å². The van der Waals surface area contributed by atoms with Crippen LogP contribution in [0.4, 0.5) is 26.3 Å². The maximum absolute atomic E-state index is 13.3. The highest BCUT2D eigenvalue weighted by Gasteiger charge is 2.27. The molecule has 0 aliphatic rings. The SMILES string of the molecule is Fc1cc(F)c(C(Cl)CCOCC(F)(F)F)cc1F. The summed E-state index contributed by atoms with van der Waals surface area (Å²) in [4.78, 5) is 0. The molecular formula is C11H9ClF6O. The lowest BCUT2D eigenvalue weighted by Crippen LogP contribution is -2.17. The second-order valence-electron chi connectivity index (χ2n) is 3.71. The molecule has 1 aromatic rings. The molecule has 1 nitrogen and oxygen atoms in total. The molecule has 0 aliphatic carbocycles. The summed E-state index contributed by atoms with van der Waals surface area (Å²) in [6.07, 6.45) is -4.63. The molecule has 0 spiro atoms. The third kappa shape index (κ3) is 5.28. The third-order valence-electron chi connectivity index (χ3n) is 2.16. The Hall–Kier alpha value is -0.950. The van der Waals surface area contributed by atoms with Crippen molar-refractivity contribution in [2.45, 2.75) is 18.0 Å². The largest absolute Gasteiger partial charge is 0.411 e. The molecular weight excluding hydrogens is 298 g/mol. The third-order valence-corrected chi connectivity index (χ3v) is 2.61. The number of benzene rings is 1. The fourth-order valence-electron chi connectivity index (χ4n) is 1.31. The average Bonchev–Trinajstić information content (AvgIpc) is 2.28. The van der Waals surface area contributed by atoms with E-state index in [4.69, 9.17) is 11.6 Å². The zero-order chi connectivity index (χ0) is 14.6. The van der Waals surface area contributed by atoms with Crippen molar-refractivity contribution in [3.05, 3.63) is 35.1 Å². The van der Waals surface area contributed by atoms with E-state index in [0.717, 1.165) is 0 Å². The highest BCUT2D eigenvalue weighted by molar-refractivity contribution is 6.20. The van der Waals surface area contributed by atoms with Crippen LogP contribution in [0.15, 0.2) is 12.1 Å². The second kappa shape index (κ2) is 6.47. The van der Waals surface area contributed by atoms with Gasteiger partial charge in [-0.1, -0.05) is 0 Å². The molecule has 0 amide bonds. The summed E-state index contributed by atoms with van der Waals surface area (Å²) in [6.45, 7) is -1.83. The van der Waals surface area contributed by atoms with E-state index in [1.54, 1.807) is 0 Å². The van der Waals surface area contributed by atoms with Crippen molar-refractivity contribution in [1.82, 2.24) is 0 Å². The van der Waals surface area contributed by atoms with Gasteiger partial charge in [0, 0.05) is 18.2 Å². The minimum absolute atomic E-state index is 0.167. The molecule has 0 saturated carbocycles. The van der Waals surface area contributed by atoms with E-state index in [1.807, 2.05) is 0 Å². The Morgan fingerprint density at radius 1 is 1.05 bits per heavy atom. The molecule has 0 radical (unpaired) electrons. The lowest BCUT2D eigenvalue weighted by atomic mass is 10.1. The predicted octanol–water partition coefficient (Wildman–Crippen LogP) is 4.35. The van der Waals surface area contributed by atoms with Gasteiger partial charge in [-0.2, -0.15) is 13.2 Å². The van der Waals surface area contributed by atoms with Crippen LogP contribution in [-0.2, 0) is 4.74 Å². The van der Waals surface area contributed by atoms with E-state index in [0.29, 0.717) is 12.1 Å². The van der Waals surface area contributed by atoms with Gasteiger partial charge >= 0.3 is 6.18 Å². The Labute approximate surface area is 110 Å². The number of rotatable bonds is 5. The summed E-state index contributed by atoms with van der Waals surface area (Å²) in [7, 11) is 0. The van der Waals surface area contributed by atoms with E-state index >= 15 is 0 Å². The molecule has 0 N–H and O–H groups in total. The van der Waals surface area contributed by atoms with Crippen LogP contribution < -0.4 is 0 Å². The van der Waals surface area contributed by atoms with Gasteiger partial charge in [-0.05, 0) is 12.5 Å². The molecule has 0 aromatic heterocycles. The van der Waals surface area contributed by atoms with Crippen LogP contribution in [0.25, 0.3) is 0 Å². The molecule has 0 fully saturated rings. The summed E-state index contributed by atoms with van der Waals surface area (Å²) < 4.78 is 78.4. The van der Waals surface area contributed by atoms with Crippen molar-refractivity contribution in [1.29, 1.82) is 0 Å². The van der Waals surface area contributed by atoms with Gasteiger partial charge < -0.3 is 4.74 Å². The topological polar surface area (TPSA) is 9.23 Å². The first-order valence-corrected chi connectivity index (χ1v) is 5.57. The van der Waals surface area contributed by atoms with Crippen LogP contribution in [0.1, 0.15) is 17.4 Å². The molecule has 1 atom stereocenters. The molecule has 1 rings (SSSR count). The van der Waals surface area contributed by atoms with Crippen molar-refractivity contribution in [3.8, 4) is 0 Å². The lowest BCUT2D eigenvalue weighted by Gasteiger charge is -2.12. The maximum Gasteiger partial charge on any atom is 0.411 e. The fraction of sp³-hybridized carbons (Fsp3) is 0.455. The van der Waals surface area contributed by atoms with Gasteiger partial charge in [0.2, 0.25) is 0 Å². The fourth-order valence-corrected chi connectivity index (χ4v) is 1.56. The second-order valence-corrected chi connectivity index (χ2v) is 4.24. The smallest absolute Gasteiger partial charge is 0.372 e. The quantitative estimate of drug-likeness (QED) is 0.340. The molecule has 1 aromatic carbocycles. The zero-order valence-corrected chi connectivity index (χ0v) is 10.2. The number of alkyl halides is 4. The van der Waals surface area contributed by atoms with Gasteiger partial charge in [0.1, 0.15) is 12.4 Å². The van der Waals surface area contributed by atoms with Crippen molar-refractivity contribution in [2.24, 2.45) is 0 Å². The van der Waals surface area contributed by atoms with E-state index in [9.17, 15) is 26.3 Å². The minimum atomic E-state index is -4.46. The normalized spacial score (nSPS) is 13.6. The molecule has 108 valence electrons. The van der Waals surface area contributed by atoms with E-state index in [-0.39, 0.29) is 18.6 Å². The molecule has 8 heteroatoms. The lowest BCUT2D eigenvalue weighted by molar-refractivity contribution is -0.174. The van der Waals surface area contributed by atoms with Crippen LogP contribution in [0, 0.1) is 17.5 Å². The maximum atomic E-state index is 13.3. The molecule has 0 heterocycles. The molecule has 0 aliphatic heterocycles. The number of halogens is 7. The summed E-state index contributed by atoms with van der Waals surface area (Å²) in [5.41, 5.74) is -0.323. The highest BCUT2D eigenvalue weighted by atomic mass is 35.5. The summed E-state index contributed by atoms with van der Waals surface area (Å²) in [6, 6.07) is 0.905. The monoisotopic (exact) mass is 306 g/mol. The van der Waals surface area contributed by atoms with E-state index < -0.39 is 35.6 Å².